The lowest BCUT2D eigenvalue weighted by atomic mass is 9.95. The summed E-state index contributed by atoms with van der Waals surface area (Å²) in [4.78, 5) is 28.8. The van der Waals surface area contributed by atoms with Gasteiger partial charge in [-0.3, -0.25) is 14.6 Å². The van der Waals surface area contributed by atoms with Crippen molar-refractivity contribution in [1.29, 1.82) is 0 Å². The van der Waals surface area contributed by atoms with Crippen LogP contribution >= 0.6 is 0 Å². The van der Waals surface area contributed by atoms with E-state index in [4.69, 9.17) is 0 Å². The smallest absolute Gasteiger partial charge is 0.176 e. The van der Waals surface area contributed by atoms with Crippen molar-refractivity contribution in [3.05, 3.63) is 70.8 Å². The van der Waals surface area contributed by atoms with E-state index in [2.05, 4.69) is 21.9 Å². The van der Waals surface area contributed by atoms with Crippen LogP contribution in [0.2, 0.25) is 0 Å². The molecule has 146 valence electrons. The summed E-state index contributed by atoms with van der Waals surface area (Å²) in [6.45, 7) is 6.27. The molecule has 28 heavy (non-hydrogen) atoms. The molecule has 0 spiro atoms. The first-order chi connectivity index (χ1) is 13.6. The second kappa shape index (κ2) is 8.38. The van der Waals surface area contributed by atoms with Crippen molar-refractivity contribution in [3.8, 4) is 0 Å². The van der Waals surface area contributed by atoms with Crippen LogP contribution in [0.1, 0.15) is 45.9 Å². The summed E-state index contributed by atoms with van der Waals surface area (Å²) >= 11 is 0. The quantitative estimate of drug-likeness (QED) is 0.570. The molecule has 1 unspecified atom stereocenters. The van der Waals surface area contributed by atoms with Crippen LogP contribution in [0, 0.1) is 12.8 Å². The molecule has 2 aliphatic rings. The predicted octanol–water partition coefficient (Wildman–Crippen LogP) is 3.65. The zero-order chi connectivity index (χ0) is 19.5. The summed E-state index contributed by atoms with van der Waals surface area (Å²) < 4.78 is 0. The van der Waals surface area contributed by atoms with E-state index in [0.717, 1.165) is 50.9 Å². The first-order valence-corrected chi connectivity index (χ1v) is 10.2. The van der Waals surface area contributed by atoms with Gasteiger partial charge in [0.05, 0.1) is 12.6 Å². The molecule has 1 atom stereocenters. The molecule has 2 aliphatic heterocycles. The highest BCUT2D eigenvalue weighted by Gasteiger charge is 2.32. The minimum absolute atomic E-state index is 0.0997. The van der Waals surface area contributed by atoms with E-state index in [1.807, 2.05) is 43.3 Å². The summed E-state index contributed by atoms with van der Waals surface area (Å²) in [5.74, 6) is 0.789. The number of aldehydes is 1. The maximum Gasteiger partial charge on any atom is 0.176 e. The van der Waals surface area contributed by atoms with Crippen molar-refractivity contribution >= 4 is 12.1 Å². The fraction of sp³-hybridized carbons (Fsp3) is 0.417. The molecule has 2 heterocycles. The van der Waals surface area contributed by atoms with Crippen molar-refractivity contribution in [2.45, 2.75) is 32.4 Å². The normalized spacial score (nSPS) is 20.8. The number of benzene rings is 2. The van der Waals surface area contributed by atoms with Crippen molar-refractivity contribution in [1.82, 2.24) is 9.80 Å². The Labute approximate surface area is 167 Å². The maximum absolute atomic E-state index is 12.5. The monoisotopic (exact) mass is 376 g/mol. The molecular weight excluding hydrogens is 348 g/mol. The van der Waals surface area contributed by atoms with Crippen LogP contribution in [-0.4, -0.2) is 48.0 Å². The number of fused-ring (bicyclic) bond motifs is 1. The number of carbonyl (C=O) groups is 2. The fourth-order valence-electron chi connectivity index (χ4n) is 4.51. The van der Waals surface area contributed by atoms with Gasteiger partial charge in [0.25, 0.3) is 0 Å². The van der Waals surface area contributed by atoms with Crippen LogP contribution in [0.3, 0.4) is 0 Å². The van der Waals surface area contributed by atoms with E-state index in [9.17, 15) is 9.59 Å². The number of hydrogen-bond donors (Lipinski definition) is 0. The number of aryl methyl sites for hydroxylation is 1. The summed E-state index contributed by atoms with van der Waals surface area (Å²) in [5.41, 5.74) is 4.42. The Kier molecular flexibility index (Phi) is 5.69. The van der Waals surface area contributed by atoms with E-state index < -0.39 is 0 Å². The minimum Gasteiger partial charge on any atom is -0.301 e. The number of Topliss-reactive ketones (excluding diaryl/α,β-unsaturated/α-hetero) is 1. The van der Waals surface area contributed by atoms with Gasteiger partial charge in [-0.2, -0.15) is 0 Å². The van der Waals surface area contributed by atoms with Gasteiger partial charge in [0.15, 0.2) is 5.78 Å². The first-order valence-electron chi connectivity index (χ1n) is 10.2. The lowest BCUT2D eigenvalue weighted by Crippen LogP contribution is -2.40. The van der Waals surface area contributed by atoms with Crippen LogP contribution < -0.4 is 0 Å². The largest absolute Gasteiger partial charge is 0.301 e. The Balaban J connectivity index is 1.28. The van der Waals surface area contributed by atoms with E-state index >= 15 is 0 Å². The lowest BCUT2D eigenvalue weighted by Gasteiger charge is -2.34. The molecule has 0 radical (unpaired) electrons. The van der Waals surface area contributed by atoms with Gasteiger partial charge in [0.1, 0.15) is 6.29 Å². The Morgan fingerprint density at radius 2 is 1.79 bits per heavy atom. The van der Waals surface area contributed by atoms with Crippen molar-refractivity contribution in [2.24, 2.45) is 5.92 Å². The number of nitrogens with zero attached hydrogens (tertiary/aromatic N) is 2. The number of likely N-dealkylation sites (tertiary alicyclic amines) is 1. The second-order valence-corrected chi connectivity index (χ2v) is 8.22. The molecular formula is C24H28N2O2. The lowest BCUT2D eigenvalue weighted by molar-refractivity contribution is -0.112. The molecule has 0 aromatic heterocycles. The minimum atomic E-state index is -0.0997. The molecule has 0 amide bonds. The molecule has 0 bridgehead atoms. The van der Waals surface area contributed by atoms with Gasteiger partial charge in [0.2, 0.25) is 0 Å². The van der Waals surface area contributed by atoms with E-state index in [0.29, 0.717) is 12.5 Å². The highest BCUT2D eigenvalue weighted by atomic mass is 16.1. The summed E-state index contributed by atoms with van der Waals surface area (Å²) in [5, 5.41) is 0. The summed E-state index contributed by atoms with van der Waals surface area (Å²) in [7, 11) is 0. The molecule has 0 aliphatic carbocycles. The second-order valence-electron chi connectivity index (χ2n) is 8.22. The Morgan fingerprint density at radius 3 is 2.50 bits per heavy atom. The van der Waals surface area contributed by atoms with Crippen molar-refractivity contribution in [2.75, 3.05) is 26.2 Å². The van der Waals surface area contributed by atoms with Gasteiger partial charge in [-0.05, 0) is 49.9 Å². The first kappa shape index (κ1) is 19.0. The van der Waals surface area contributed by atoms with Crippen molar-refractivity contribution < 1.29 is 9.59 Å². The molecule has 1 fully saturated rings. The number of hydrogen-bond acceptors (Lipinski definition) is 4. The molecule has 0 N–H and O–H groups in total. The summed E-state index contributed by atoms with van der Waals surface area (Å²) in [6, 6.07) is 16.0. The van der Waals surface area contributed by atoms with Gasteiger partial charge in [-0.15, -0.1) is 0 Å². The predicted molar refractivity (Wildman–Crippen MR) is 110 cm³/mol. The van der Waals surface area contributed by atoms with Crippen LogP contribution in [0.5, 0.6) is 0 Å². The highest BCUT2D eigenvalue weighted by molar-refractivity contribution is 5.97. The number of carbonyl (C=O) groups excluding carboxylic acids is 2. The van der Waals surface area contributed by atoms with Crippen LogP contribution in [0.25, 0.3) is 0 Å². The Bertz CT molecular complexity index is 838. The Morgan fingerprint density at radius 1 is 1.07 bits per heavy atom. The number of ketones is 1. The molecule has 1 saturated heterocycles. The Hall–Kier alpha value is -2.30. The third-order valence-corrected chi connectivity index (χ3v) is 6.21. The molecule has 4 nitrogen and oxygen atoms in total. The van der Waals surface area contributed by atoms with Gasteiger partial charge in [-0.1, -0.05) is 54.1 Å². The third kappa shape index (κ3) is 4.08. The number of rotatable bonds is 6. The van der Waals surface area contributed by atoms with Crippen LogP contribution in [-0.2, 0) is 11.3 Å². The molecule has 4 heteroatoms. The number of piperidine rings is 1. The summed E-state index contributed by atoms with van der Waals surface area (Å²) in [6.07, 6.45) is 3.25. The third-order valence-electron chi connectivity index (χ3n) is 6.21. The van der Waals surface area contributed by atoms with E-state index in [1.165, 1.54) is 16.7 Å². The average Bonchev–Trinajstić information content (AvgIpc) is 3.07. The SMILES string of the molecule is Cc1ccc(C(=O)CN2CCC(CN3Cc4ccccc4C3C=O)CC2)cc1. The molecule has 4 rings (SSSR count). The fourth-order valence-corrected chi connectivity index (χ4v) is 4.51. The highest BCUT2D eigenvalue weighted by Crippen LogP contribution is 2.33. The topological polar surface area (TPSA) is 40.6 Å². The van der Waals surface area contributed by atoms with Crippen LogP contribution in [0.15, 0.2) is 48.5 Å². The van der Waals surface area contributed by atoms with Gasteiger partial charge >= 0.3 is 0 Å². The standard InChI is InChI=1S/C24H28N2O2/c1-18-6-8-20(9-7-18)24(28)16-25-12-10-19(11-13-25)14-26-15-21-4-2-3-5-22(21)23(26)17-27/h2-9,17,19,23H,10-16H2,1H3. The maximum atomic E-state index is 12.5. The van der Waals surface area contributed by atoms with Gasteiger partial charge in [0, 0.05) is 18.7 Å². The molecule has 2 aromatic carbocycles. The molecule has 0 saturated carbocycles. The van der Waals surface area contributed by atoms with Gasteiger partial charge < -0.3 is 4.79 Å². The van der Waals surface area contributed by atoms with E-state index in [-0.39, 0.29) is 11.8 Å². The zero-order valence-corrected chi connectivity index (χ0v) is 16.5. The van der Waals surface area contributed by atoms with Gasteiger partial charge in [-0.25, -0.2) is 0 Å². The van der Waals surface area contributed by atoms with Crippen molar-refractivity contribution in [3.63, 3.8) is 0 Å². The van der Waals surface area contributed by atoms with E-state index in [1.54, 1.807) is 0 Å². The van der Waals surface area contributed by atoms with Crippen LogP contribution in [0.4, 0.5) is 0 Å². The molecule has 2 aromatic rings. The zero-order valence-electron chi connectivity index (χ0n) is 16.5. The average molecular weight is 377 g/mol.